The molecule has 0 aliphatic carbocycles. The highest BCUT2D eigenvalue weighted by molar-refractivity contribution is 6.32. The second-order valence-electron chi connectivity index (χ2n) is 3.10. The minimum Gasteiger partial charge on any atom is -0.454 e. The fraction of sp³-hybridized carbons (Fsp3) is 0.300. The van der Waals surface area contributed by atoms with E-state index in [2.05, 4.69) is 0 Å². The normalized spacial score (nSPS) is 12.9. The van der Waals surface area contributed by atoms with Gasteiger partial charge in [0.2, 0.25) is 6.79 Å². The molecule has 0 atom stereocenters. The van der Waals surface area contributed by atoms with Crippen molar-refractivity contribution < 1.29 is 18.7 Å². The van der Waals surface area contributed by atoms with E-state index >= 15 is 0 Å². The Morgan fingerprint density at radius 1 is 1.53 bits per heavy atom. The van der Waals surface area contributed by atoms with Crippen LogP contribution >= 0.6 is 11.6 Å². The molecular formula is C10H8ClFO3. The van der Waals surface area contributed by atoms with Gasteiger partial charge < -0.3 is 14.3 Å². The van der Waals surface area contributed by atoms with Crippen LogP contribution in [-0.2, 0) is 11.2 Å². The molecule has 0 N–H and O–H groups in total. The predicted octanol–water partition coefficient (Wildman–Crippen LogP) is 2.34. The zero-order valence-electron chi connectivity index (χ0n) is 7.76. The molecule has 80 valence electrons. The van der Waals surface area contributed by atoms with Crippen LogP contribution in [-0.4, -0.2) is 13.1 Å². The number of aryl methyl sites for hydroxylation is 1. The van der Waals surface area contributed by atoms with Crippen LogP contribution in [0.2, 0.25) is 5.02 Å². The molecule has 1 heterocycles. The summed E-state index contributed by atoms with van der Waals surface area (Å²) in [5.41, 5.74) is 0.372. The summed E-state index contributed by atoms with van der Waals surface area (Å²) in [6.07, 6.45) is 1.30. The van der Waals surface area contributed by atoms with E-state index in [0.29, 0.717) is 17.7 Å². The van der Waals surface area contributed by atoms with Crippen LogP contribution in [0, 0.1) is 5.82 Å². The van der Waals surface area contributed by atoms with Crippen LogP contribution in [0.5, 0.6) is 11.5 Å². The lowest BCUT2D eigenvalue weighted by molar-refractivity contribution is -0.107. The zero-order chi connectivity index (χ0) is 10.8. The number of aldehydes is 1. The monoisotopic (exact) mass is 230 g/mol. The van der Waals surface area contributed by atoms with Gasteiger partial charge >= 0.3 is 0 Å². The number of benzene rings is 1. The molecule has 0 unspecified atom stereocenters. The van der Waals surface area contributed by atoms with Crippen molar-refractivity contribution in [1.82, 2.24) is 0 Å². The standard InChI is InChI=1S/C10H8ClFO3/c11-8-9(12)6(2-1-3-13)4-7-10(8)15-5-14-7/h3-4H,1-2,5H2. The van der Waals surface area contributed by atoms with Crippen LogP contribution in [0.25, 0.3) is 0 Å². The Bertz CT molecular complexity index is 406. The number of halogens is 2. The van der Waals surface area contributed by atoms with E-state index in [9.17, 15) is 9.18 Å². The van der Waals surface area contributed by atoms with Crippen molar-refractivity contribution in [2.24, 2.45) is 0 Å². The molecule has 0 aromatic heterocycles. The van der Waals surface area contributed by atoms with E-state index in [1.54, 1.807) is 0 Å². The second-order valence-corrected chi connectivity index (χ2v) is 3.48. The van der Waals surface area contributed by atoms with Gasteiger partial charge in [-0.1, -0.05) is 11.6 Å². The summed E-state index contributed by atoms with van der Waals surface area (Å²) >= 11 is 5.75. The smallest absolute Gasteiger partial charge is 0.231 e. The number of rotatable bonds is 3. The van der Waals surface area contributed by atoms with Gasteiger partial charge in [-0.3, -0.25) is 0 Å². The number of hydrogen-bond acceptors (Lipinski definition) is 3. The minimum absolute atomic E-state index is 0.0472. The average Bonchev–Trinajstić information content (AvgIpc) is 2.69. The molecule has 2 rings (SSSR count). The molecule has 1 aliphatic heterocycles. The third-order valence-electron chi connectivity index (χ3n) is 2.15. The van der Waals surface area contributed by atoms with E-state index in [1.165, 1.54) is 6.07 Å². The van der Waals surface area contributed by atoms with Crippen LogP contribution in [0.15, 0.2) is 6.07 Å². The lowest BCUT2D eigenvalue weighted by Crippen LogP contribution is -1.93. The van der Waals surface area contributed by atoms with Gasteiger partial charge in [0.15, 0.2) is 11.5 Å². The number of carbonyl (C=O) groups is 1. The zero-order valence-corrected chi connectivity index (χ0v) is 8.51. The van der Waals surface area contributed by atoms with Crippen molar-refractivity contribution in [2.75, 3.05) is 6.79 Å². The number of hydrogen-bond donors (Lipinski definition) is 0. The molecule has 0 amide bonds. The predicted molar refractivity (Wildman–Crippen MR) is 51.9 cm³/mol. The SMILES string of the molecule is O=CCCc1cc2c(c(Cl)c1F)OCO2. The lowest BCUT2D eigenvalue weighted by Gasteiger charge is -2.05. The van der Waals surface area contributed by atoms with Crippen molar-refractivity contribution in [3.05, 3.63) is 22.5 Å². The molecular weight excluding hydrogens is 223 g/mol. The molecule has 1 aliphatic rings. The molecule has 0 saturated heterocycles. The van der Waals surface area contributed by atoms with E-state index in [0.717, 1.165) is 6.29 Å². The van der Waals surface area contributed by atoms with E-state index in [4.69, 9.17) is 21.1 Å². The van der Waals surface area contributed by atoms with Gasteiger partial charge in [0.25, 0.3) is 0 Å². The summed E-state index contributed by atoms with van der Waals surface area (Å²) in [6.45, 7) is 0.0472. The Morgan fingerprint density at radius 3 is 3.07 bits per heavy atom. The molecule has 1 aromatic rings. The molecule has 0 radical (unpaired) electrons. The second kappa shape index (κ2) is 4.06. The van der Waals surface area contributed by atoms with Gasteiger partial charge in [0.05, 0.1) is 0 Å². The third kappa shape index (κ3) is 1.77. The molecule has 15 heavy (non-hydrogen) atoms. The molecule has 0 spiro atoms. The van der Waals surface area contributed by atoms with Crippen molar-refractivity contribution in [3.63, 3.8) is 0 Å². The summed E-state index contributed by atoms with van der Waals surface area (Å²) in [4.78, 5) is 10.2. The largest absolute Gasteiger partial charge is 0.454 e. The van der Waals surface area contributed by atoms with Crippen molar-refractivity contribution >= 4 is 17.9 Å². The Labute approximate surface area is 90.7 Å². The number of carbonyl (C=O) groups excluding carboxylic acids is 1. The highest BCUT2D eigenvalue weighted by Gasteiger charge is 2.23. The third-order valence-corrected chi connectivity index (χ3v) is 2.49. The van der Waals surface area contributed by atoms with Gasteiger partial charge in [-0.25, -0.2) is 4.39 Å². The van der Waals surface area contributed by atoms with E-state index < -0.39 is 5.82 Å². The molecule has 0 saturated carbocycles. The molecule has 3 nitrogen and oxygen atoms in total. The van der Waals surface area contributed by atoms with Gasteiger partial charge in [0, 0.05) is 6.42 Å². The average molecular weight is 231 g/mol. The van der Waals surface area contributed by atoms with Crippen LogP contribution < -0.4 is 9.47 Å². The Balaban J connectivity index is 2.39. The molecule has 5 heteroatoms. The molecule has 1 aromatic carbocycles. The molecule has 0 bridgehead atoms. The van der Waals surface area contributed by atoms with Crippen molar-refractivity contribution in [3.8, 4) is 11.5 Å². The van der Waals surface area contributed by atoms with Gasteiger partial charge in [-0.2, -0.15) is 0 Å². The maximum absolute atomic E-state index is 13.6. The summed E-state index contributed by atoms with van der Waals surface area (Å²) in [5.74, 6) is 0.133. The van der Waals surface area contributed by atoms with Crippen molar-refractivity contribution in [1.29, 1.82) is 0 Å². The van der Waals surface area contributed by atoms with Crippen LogP contribution in [0.3, 0.4) is 0 Å². The first kappa shape index (κ1) is 10.2. The Morgan fingerprint density at radius 2 is 2.33 bits per heavy atom. The minimum atomic E-state index is -0.539. The summed E-state index contributed by atoms with van der Waals surface area (Å²) in [7, 11) is 0. The van der Waals surface area contributed by atoms with E-state index in [-0.39, 0.29) is 24.0 Å². The van der Waals surface area contributed by atoms with Gasteiger partial charge in [-0.05, 0) is 18.1 Å². The highest BCUT2D eigenvalue weighted by Crippen LogP contribution is 2.42. The first-order valence-electron chi connectivity index (χ1n) is 4.44. The van der Waals surface area contributed by atoms with Gasteiger partial charge in [0.1, 0.15) is 17.1 Å². The lowest BCUT2D eigenvalue weighted by atomic mass is 10.1. The summed E-state index contributed by atoms with van der Waals surface area (Å²) < 4.78 is 23.7. The van der Waals surface area contributed by atoms with Crippen LogP contribution in [0.4, 0.5) is 4.39 Å². The fourth-order valence-electron chi connectivity index (χ4n) is 1.43. The quantitative estimate of drug-likeness (QED) is 0.748. The van der Waals surface area contributed by atoms with Crippen molar-refractivity contribution in [2.45, 2.75) is 12.8 Å². The highest BCUT2D eigenvalue weighted by atomic mass is 35.5. The van der Waals surface area contributed by atoms with Crippen LogP contribution in [0.1, 0.15) is 12.0 Å². The summed E-state index contributed by atoms with van der Waals surface area (Å²) in [5, 5.41) is -0.0779. The maximum atomic E-state index is 13.6. The Hall–Kier alpha value is -1.29. The first-order chi connectivity index (χ1) is 7.24. The summed E-state index contributed by atoms with van der Waals surface area (Å²) in [6, 6.07) is 1.52. The number of ether oxygens (including phenoxy) is 2. The maximum Gasteiger partial charge on any atom is 0.231 e. The van der Waals surface area contributed by atoms with Gasteiger partial charge in [-0.15, -0.1) is 0 Å². The topological polar surface area (TPSA) is 35.5 Å². The first-order valence-corrected chi connectivity index (χ1v) is 4.82. The van der Waals surface area contributed by atoms with E-state index in [1.807, 2.05) is 0 Å². The molecule has 0 fully saturated rings. The number of fused-ring (bicyclic) bond motifs is 1. The fourth-order valence-corrected chi connectivity index (χ4v) is 1.69. The Kier molecular flexibility index (Phi) is 2.77.